The molecule has 2 N–H and O–H groups in total. The number of para-hydroxylation sites is 1. The number of nitrogen functional groups attached to an aromatic ring is 1. The molecule has 2 heterocycles. The van der Waals surface area contributed by atoms with E-state index in [0.717, 1.165) is 22.3 Å². The van der Waals surface area contributed by atoms with Gasteiger partial charge >= 0.3 is 0 Å². The first-order valence-electron chi connectivity index (χ1n) is 11.8. The zero-order valence-corrected chi connectivity index (χ0v) is 21.8. The summed E-state index contributed by atoms with van der Waals surface area (Å²) in [7, 11) is -3.18. The molecule has 2 aromatic carbocycles. The lowest BCUT2D eigenvalue weighted by Crippen LogP contribution is -2.09. The smallest absolute Gasteiger partial charge is 0.219 e. The minimum absolute atomic E-state index is 0.0490. The fraction of sp³-hybridized carbons (Fsp3) is 0.179. The Balaban J connectivity index is 1.38. The molecule has 1 aliphatic carbocycles. The molecule has 0 unspecified atom stereocenters. The Kier molecular flexibility index (Phi) is 6.36. The molecule has 8 nitrogen and oxygen atoms in total. The van der Waals surface area contributed by atoms with Crippen LogP contribution in [0.5, 0.6) is 11.6 Å². The van der Waals surface area contributed by atoms with Gasteiger partial charge in [-0.3, -0.25) is 4.79 Å². The maximum Gasteiger partial charge on any atom is 0.219 e. The molecule has 0 fully saturated rings. The first-order valence-corrected chi connectivity index (χ1v) is 13.8. The summed E-state index contributed by atoms with van der Waals surface area (Å²) in [5, 5.41) is 4.32. The molecule has 0 amide bonds. The molecule has 194 valence electrons. The van der Waals surface area contributed by atoms with Gasteiger partial charge in [0.25, 0.3) is 0 Å². The average Bonchev–Trinajstić information content (AvgIpc) is 3.43. The normalized spacial score (nSPS) is 12.8. The van der Waals surface area contributed by atoms with Crippen LogP contribution in [-0.2, 0) is 22.0 Å². The second-order valence-electron chi connectivity index (χ2n) is 9.42. The Morgan fingerprint density at radius 1 is 1.13 bits per heavy atom. The van der Waals surface area contributed by atoms with Crippen LogP contribution in [-0.4, -0.2) is 35.2 Å². The summed E-state index contributed by atoms with van der Waals surface area (Å²) in [6, 6.07) is 11.4. The fourth-order valence-electron chi connectivity index (χ4n) is 4.48. The van der Waals surface area contributed by atoms with E-state index >= 15 is 0 Å². The molecule has 0 saturated heterocycles. The van der Waals surface area contributed by atoms with Crippen molar-refractivity contribution in [1.82, 2.24) is 14.8 Å². The molecule has 2 aromatic heterocycles. The van der Waals surface area contributed by atoms with E-state index in [1.165, 1.54) is 35.5 Å². The molecular weight excluding hydrogens is 507 g/mol. The van der Waals surface area contributed by atoms with Crippen molar-refractivity contribution in [2.75, 3.05) is 12.0 Å². The zero-order valence-electron chi connectivity index (χ0n) is 21.0. The second kappa shape index (κ2) is 9.53. The SMILES string of the molecule is Cc1cc2c(cc1CS(C)(=O)=O)CC(C(=O)c1cnn(-c3cnc(Oc4ccccc4F)cc3C)c1N)=C2. The highest BCUT2D eigenvalue weighted by Crippen LogP contribution is 2.32. The molecule has 1 aliphatic rings. The summed E-state index contributed by atoms with van der Waals surface area (Å²) in [4.78, 5) is 17.6. The van der Waals surface area contributed by atoms with Crippen LogP contribution in [0, 0.1) is 19.7 Å². The minimum Gasteiger partial charge on any atom is -0.436 e. The predicted octanol–water partition coefficient (Wildman–Crippen LogP) is 4.76. The molecule has 4 aromatic rings. The number of rotatable bonds is 7. The van der Waals surface area contributed by atoms with E-state index in [4.69, 9.17) is 10.5 Å². The Bertz CT molecular complexity index is 1740. The second-order valence-corrected chi connectivity index (χ2v) is 11.6. The minimum atomic E-state index is -3.18. The van der Waals surface area contributed by atoms with E-state index < -0.39 is 15.7 Å². The van der Waals surface area contributed by atoms with Gasteiger partial charge in [-0.1, -0.05) is 24.3 Å². The molecule has 0 radical (unpaired) electrons. The third-order valence-corrected chi connectivity index (χ3v) is 7.24. The number of aryl methyl sites for hydroxylation is 2. The number of carbonyl (C=O) groups excluding carboxylic acids is 1. The number of aromatic nitrogens is 3. The molecule has 0 aliphatic heterocycles. The highest BCUT2D eigenvalue weighted by molar-refractivity contribution is 7.89. The number of carbonyl (C=O) groups is 1. The van der Waals surface area contributed by atoms with Gasteiger partial charge in [0.05, 0.1) is 29.4 Å². The average molecular weight is 533 g/mol. The van der Waals surface area contributed by atoms with E-state index in [2.05, 4.69) is 10.1 Å². The van der Waals surface area contributed by atoms with Gasteiger partial charge < -0.3 is 10.5 Å². The number of nitrogens with two attached hydrogens (primary N) is 1. The number of halogens is 1. The van der Waals surface area contributed by atoms with Crippen LogP contribution >= 0.6 is 0 Å². The first kappa shape index (κ1) is 25.3. The number of ketones is 1. The summed E-state index contributed by atoms with van der Waals surface area (Å²) in [5.41, 5.74) is 11.8. The van der Waals surface area contributed by atoms with Gasteiger partial charge in [0.15, 0.2) is 27.2 Å². The number of hydrogen-bond acceptors (Lipinski definition) is 7. The van der Waals surface area contributed by atoms with Crippen molar-refractivity contribution in [1.29, 1.82) is 0 Å². The Morgan fingerprint density at radius 3 is 2.61 bits per heavy atom. The standard InChI is InChI=1S/C28H25FN4O4S/c1-16-8-18-10-20(11-19(18)12-21(16)15-38(3,35)36)27(34)22-13-32-33(28(22)30)24-14-31-26(9-17(24)2)37-25-7-5-4-6-23(25)29/h4-10,12-14H,11,15,30H2,1-3H3. The quantitative estimate of drug-likeness (QED) is 0.341. The van der Waals surface area contributed by atoms with Crippen molar-refractivity contribution in [2.24, 2.45) is 0 Å². The maximum atomic E-state index is 13.9. The molecule has 0 spiro atoms. The fourth-order valence-corrected chi connectivity index (χ4v) is 5.36. The van der Waals surface area contributed by atoms with Crippen LogP contribution in [0.25, 0.3) is 11.8 Å². The zero-order chi connectivity index (χ0) is 27.2. The molecule has 0 saturated carbocycles. The van der Waals surface area contributed by atoms with Gasteiger partial charge in [0, 0.05) is 24.3 Å². The number of Topliss-reactive ketones (excluding diaryl/α,β-unsaturated/α-hetero) is 1. The van der Waals surface area contributed by atoms with Crippen molar-refractivity contribution >= 4 is 27.5 Å². The number of nitrogens with zero attached hydrogens (tertiary/aromatic N) is 3. The molecule has 10 heteroatoms. The van der Waals surface area contributed by atoms with Gasteiger partial charge in [-0.2, -0.15) is 5.10 Å². The number of allylic oxidation sites excluding steroid dienone is 1. The number of hydrogen-bond donors (Lipinski definition) is 1. The number of anilines is 1. The van der Waals surface area contributed by atoms with Crippen molar-refractivity contribution < 1.29 is 22.3 Å². The van der Waals surface area contributed by atoms with Crippen molar-refractivity contribution in [3.8, 4) is 17.3 Å². The van der Waals surface area contributed by atoms with Crippen LogP contribution in [0.4, 0.5) is 10.2 Å². The number of pyridine rings is 1. The van der Waals surface area contributed by atoms with Crippen LogP contribution in [0.15, 0.2) is 60.4 Å². The number of sulfone groups is 1. The van der Waals surface area contributed by atoms with Crippen molar-refractivity contribution in [3.63, 3.8) is 0 Å². The topological polar surface area (TPSA) is 117 Å². The molecule has 0 bridgehead atoms. The summed E-state index contributed by atoms with van der Waals surface area (Å²) < 4.78 is 44.5. The Hall–Kier alpha value is -4.31. The van der Waals surface area contributed by atoms with E-state index in [0.29, 0.717) is 23.2 Å². The lowest BCUT2D eigenvalue weighted by atomic mass is 10.0. The van der Waals surface area contributed by atoms with Gasteiger partial charge in [-0.15, -0.1) is 0 Å². The van der Waals surface area contributed by atoms with E-state index in [9.17, 15) is 17.6 Å². The summed E-state index contributed by atoms with van der Waals surface area (Å²) >= 11 is 0. The highest BCUT2D eigenvalue weighted by atomic mass is 32.2. The molecule has 5 rings (SSSR count). The van der Waals surface area contributed by atoms with Crippen LogP contribution in [0.1, 0.15) is 38.2 Å². The predicted molar refractivity (Wildman–Crippen MR) is 143 cm³/mol. The van der Waals surface area contributed by atoms with Gasteiger partial charge in [0.1, 0.15) is 5.82 Å². The highest BCUT2D eigenvalue weighted by Gasteiger charge is 2.25. The van der Waals surface area contributed by atoms with E-state index in [-0.39, 0.29) is 34.5 Å². The lowest BCUT2D eigenvalue weighted by molar-refractivity contribution is 0.103. The number of fused-ring (bicyclic) bond motifs is 1. The van der Waals surface area contributed by atoms with E-state index in [1.54, 1.807) is 25.1 Å². The largest absolute Gasteiger partial charge is 0.436 e. The Morgan fingerprint density at radius 2 is 1.89 bits per heavy atom. The summed E-state index contributed by atoms with van der Waals surface area (Å²) in [6.45, 7) is 3.67. The van der Waals surface area contributed by atoms with Crippen LogP contribution < -0.4 is 10.5 Å². The maximum absolute atomic E-state index is 13.9. The molecule has 38 heavy (non-hydrogen) atoms. The van der Waals surface area contributed by atoms with E-state index in [1.807, 2.05) is 25.1 Å². The Labute approximate surface area is 219 Å². The van der Waals surface area contributed by atoms with Crippen molar-refractivity contribution in [3.05, 3.63) is 99.6 Å². The lowest BCUT2D eigenvalue weighted by Gasteiger charge is -2.11. The summed E-state index contributed by atoms with van der Waals surface area (Å²) in [5.74, 6) is -0.375. The third-order valence-electron chi connectivity index (χ3n) is 6.41. The van der Waals surface area contributed by atoms with Crippen LogP contribution in [0.2, 0.25) is 0 Å². The van der Waals surface area contributed by atoms with Gasteiger partial charge in [-0.05, 0) is 59.9 Å². The monoisotopic (exact) mass is 532 g/mol. The van der Waals surface area contributed by atoms with Gasteiger partial charge in [0.2, 0.25) is 5.88 Å². The number of benzene rings is 2. The summed E-state index contributed by atoms with van der Waals surface area (Å²) in [6.07, 6.45) is 6.31. The molecular formula is C28H25FN4O4S. The van der Waals surface area contributed by atoms with Crippen molar-refractivity contribution in [2.45, 2.75) is 26.0 Å². The van der Waals surface area contributed by atoms with Gasteiger partial charge in [-0.25, -0.2) is 22.5 Å². The third kappa shape index (κ3) is 4.95. The first-order chi connectivity index (χ1) is 18.0. The van der Waals surface area contributed by atoms with Crippen LogP contribution in [0.3, 0.4) is 0 Å². The number of ether oxygens (including phenoxy) is 1. The molecule has 0 atom stereocenters.